The van der Waals surface area contributed by atoms with Crippen LogP contribution in [0.3, 0.4) is 0 Å². The number of nitrogens with zero attached hydrogens (tertiary/aromatic N) is 2. The molecule has 3 rings (SSSR count). The van der Waals surface area contributed by atoms with Gasteiger partial charge in [-0.05, 0) is 12.1 Å². The molecule has 1 aromatic carbocycles. The van der Waals surface area contributed by atoms with Gasteiger partial charge >= 0.3 is 6.03 Å². The molecule has 122 valence electrons. The summed E-state index contributed by atoms with van der Waals surface area (Å²) in [6.45, 7) is 2.47. The Morgan fingerprint density at radius 3 is 3.17 bits per heavy atom. The summed E-state index contributed by atoms with van der Waals surface area (Å²) in [5, 5.41) is 9.96. The van der Waals surface area contributed by atoms with Gasteiger partial charge in [-0.25, -0.2) is 4.79 Å². The predicted molar refractivity (Wildman–Crippen MR) is 85.6 cm³/mol. The monoisotopic (exact) mass is 316 g/mol. The molecule has 0 saturated heterocycles. The van der Waals surface area contributed by atoms with Gasteiger partial charge in [0.05, 0.1) is 38.8 Å². The minimum atomic E-state index is -0.265. The van der Waals surface area contributed by atoms with Crippen molar-refractivity contribution in [3.05, 3.63) is 41.7 Å². The van der Waals surface area contributed by atoms with Crippen LogP contribution in [0, 0.1) is 0 Å². The summed E-state index contributed by atoms with van der Waals surface area (Å²) in [7, 11) is 1.57. The van der Waals surface area contributed by atoms with E-state index in [2.05, 4.69) is 15.7 Å². The normalized spacial score (nSPS) is 13.3. The lowest BCUT2D eigenvalue weighted by atomic mass is 10.2. The van der Waals surface area contributed by atoms with Gasteiger partial charge in [0.1, 0.15) is 5.75 Å². The molecule has 0 spiro atoms. The topological polar surface area (TPSA) is 77.4 Å². The summed E-state index contributed by atoms with van der Waals surface area (Å²) < 4.78 is 12.5. The summed E-state index contributed by atoms with van der Waals surface area (Å²) >= 11 is 0. The highest BCUT2D eigenvalue weighted by atomic mass is 16.5. The molecule has 2 amide bonds. The number of methoxy groups -OCH3 is 1. The number of carbonyl (C=O) groups excluding carboxylic acids is 1. The Balaban J connectivity index is 1.51. The molecule has 1 aromatic heterocycles. The van der Waals surface area contributed by atoms with E-state index in [0.717, 1.165) is 18.6 Å². The molecule has 1 aliphatic heterocycles. The number of aromatic nitrogens is 2. The summed E-state index contributed by atoms with van der Waals surface area (Å²) in [6.07, 6.45) is 2.70. The van der Waals surface area contributed by atoms with Gasteiger partial charge in [0.2, 0.25) is 0 Å². The summed E-state index contributed by atoms with van der Waals surface area (Å²) in [4.78, 5) is 12.0. The second-order valence-electron chi connectivity index (χ2n) is 5.22. The van der Waals surface area contributed by atoms with E-state index in [1.54, 1.807) is 19.2 Å². The highest BCUT2D eigenvalue weighted by Crippen LogP contribution is 2.22. The number of para-hydroxylation sites is 2. The minimum absolute atomic E-state index is 0.265. The number of benzene rings is 1. The van der Waals surface area contributed by atoms with E-state index in [0.29, 0.717) is 31.1 Å². The fourth-order valence-electron chi connectivity index (χ4n) is 2.59. The van der Waals surface area contributed by atoms with Crippen LogP contribution in [0.4, 0.5) is 10.5 Å². The van der Waals surface area contributed by atoms with Crippen molar-refractivity contribution in [2.45, 2.75) is 19.6 Å². The Labute approximate surface area is 134 Å². The van der Waals surface area contributed by atoms with Crippen LogP contribution in [-0.2, 0) is 24.3 Å². The third kappa shape index (κ3) is 3.62. The van der Waals surface area contributed by atoms with E-state index in [9.17, 15) is 4.79 Å². The molecule has 2 aromatic rings. The molecule has 0 saturated carbocycles. The van der Waals surface area contributed by atoms with Crippen molar-refractivity contribution in [3.63, 3.8) is 0 Å². The maximum atomic E-state index is 12.0. The molecule has 2 heterocycles. The summed E-state index contributed by atoms with van der Waals surface area (Å²) in [6, 6.07) is 7.03. The van der Waals surface area contributed by atoms with Gasteiger partial charge in [0.15, 0.2) is 0 Å². The Morgan fingerprint density at radius 2 is 2.30 bits per heavy atom. The first-order chi connectivity index (χ1) is 11.3. The van der Waals surface area contributed by atoms with Gasteiger partial charge in [-0.1, -0.05) is 12.1 Å². The molecule has 0 radical (unpaired) electrons. The lowest BCUT2D eigenvalue weighted by Crippen LogP contribution is -2.32. The fraction of sp³-hybridized carbons (Fsp3) is 0.375. The smallest absolute Gasteiger partial charge is 0.319 e. The quantitative estimate of drug-likeness (QED) is 0.881. The average Bonchev–Trinajstić information content (AvgIpc) is 2.99. The largest absolute Gasteiger partial charge is 0.495 e. The van der Waals surface area contributed by atoms with Crippen molar-refractivity contribution in [1.82, 2.24) is 15.1 Å². The molecule has 7 nitrogen and oxygen atoms in total. The number of anilines is 1. The van der Waals surface area contributed by atoms with Crippen LogP contribution in [0.1, 0.15) is 11.3 Å². The SMILES string of the molecule is COc1ccccc1NC(=O)NCCn1ncc2c1CCOC2. The molecule has 0 unspecified atom stereocenters. The molecule has 1 aliphatic rings. The van der Waals surface area contributed by atoms with Gasteiger partial charge in [-0.3, -0.25) is 4.68 Å². The first-order valence-corrected chi connectivity index (χ1v) is 7.57. The van der Waals surface area contributed by atoms with Crippen molar-refractivity contribution in [1.29, 1.82) is 0 Å². The first kappa shape index (κ1) is 15.4. The molecule has 23 heavy (non-hydrogen) atoms. The van der Waals surface area contributed by atoms with E-state index in [1.807, 2.05) is 23.0 Å². The number of urea groups is 1. The van der Waals surface area contributed by atoms with Crippen LogP contribution in [0.2, 0.25) is 0 Å². The van der Waals surface area contributed by atoms with Crippen LogP contribution < -0.4 is 15.4 Å². The van der Waals surface area contributed by atoms with Crippen LogP contribution >= 0.6 is 0 Å². The number of rotatable bonds is 5. The summed E-state index contributed by atoms with van der Waals surface area (Å²) in [5.41, 5.74) is 2.97. The predicted octanol–water partition coefficient (Wildman–Crippen LogP) is 1.79. The minimum Gasteiger partial charge on any atom is -0.495 e. The number of ether oxygens (including phenoxy) is 2. The van der Waals surface area contributed by atoms with E-state index < -0.39 is 0 Å². The third-order valence-corrected chi connectivity index (χ3v) is 3.74. The molecular formula is C16H20N4O3. The molecule has 0 aliphatic carbocycles. The Bertz CT molecular complexity index is 684. The average molecular weight is 316 g/mol. The van der Waals surface area contributed by atoms with Gasteiger partial charge in [0.25, 0.3) is 0 Å². The first-order valence-electron chi connectivity index (χ1n) is 7.57. The number of amides is 2. The highest BCUT2D eigenvalue weighted by molar-refractivity contribution is 5.90. The van der Waals surface area contributed by atoms with Crippen molar-refractivity contribution in [3.8, 4) is 5.75 Å². The third-order valence-electron chi connectivity index (χ3n) is 3.74. The lowest BCUT2D eigenvalue weighted by Gasteiger charge is -2.15. The Hall–Kier alpha value is -2.54. The van der Waals surface area contributed by atoms with E-state index in [1.165, 1.54) is 5.69 Å². The molecule has 0 fully saturated rings. The highest BCUT2D eigenvalue weighted by Gasteiger charge is 2.15. The zero-order valence-corrected chi connectivity index (χ0v) is 13.0. The second-order valence-corrected chi connectivity index (χ2v) is 5.22. The van der Waals surface area contributed by atoms with E-state index in [4.69, 9.17) is 9.47 Å². The van der Waals surface area contributed by atoms with Crippen molar-refractivity contribution in [2.24, 2.45) is 0 Å². The zero-order chi connectivity index (χ0) is 16.1. The maximum absolute atomic E-state index is 12.0. The van der Waals surface area contributed by atoms with Crippen molar-refractivity contribution in [2.75, 3.05) is 25.6 Å². The molecule has 7 heteroatoms. The number of nitrogens with one attached hydrogen (secondary N) is 2. The lowest BCUT2D eigenvalue weighted by molar-refractivity contribution is 0.109. The second kappa shape index (κ2) is 7.15. The standard InChI is InChI=1S/C16H20N4O3/c1-22-15-5-3-2-4-13(15)19-16(21)17-7-8-20-14-6-9-23-11-12(14)10-18-20/h2-5,10H,6-9,11H2,1H3,(H2,17,19,21). The molecular weight excluding hydrogens is 296 g/mol. The fourth-order valence-corrected chi connectivity index (χ4v) is 2.59. The van der Waals surface area contributed by atoms with Crippen LogP contribution in [0.5, 0.6) is 5.75 Å². The Morgan fingerprint density at radius 1 is 1.43 bits per heavy atom. The number of hydrogen-bond donors (Lipinski definition) is 2. The van der Waals surface area contributed by atoms with Crippen LogP contribution in [-0.4, -0.2) is 36.1 Å². The van der Waals surface area contributed by atoms with E-state index in [-0.39, 0.29) is 6.03 Å². The van der Waals surface area contributed by atoms with Gasteiger partial charge in [-0.2, -0.15) is 5.10 Å². The van der Waals surface area contributed by atoms with Crippen LogP contribution in [0.15, 0.2) is 30.5 Å². The van der Waals surface area contributed by atoms with E-state index >= 15 is 0 Å². The van der Waals surface area contributed by atoms with Crippen molar-refractivity contribution < 1.29 is 14.3 Å². The summed E-state index contributed by atoms with van der Waals surface area (Å²) in [5.74, 6) is 0.629. The number of carbonyl (C=O) groups is 1. The van der Waals surface area contributed by atoms with Gasteiger partial charge < -0.3 is 20.1 Å². The number of hydrogen-bond acceptors (Lipinski definition) is 4. The zero-order valence-electron chi connectivity index (χ0n) is 13.0. The van der Waals surface area contributed by atoms with Gasteiger partial charge in [0, 0.05) is 24.2 Å². The Kier molecular flexibility index (Phi) is 4.77. The number of fused-ring (bicyclic) bond motifs is 1. The van der Waals surface area contributed by atoms with Gasteiger partial charge in [-0.15, -0.1) is 0 Å². The molecule has 2 N–H and O–H groups in total. The maximum Gasteiger partial charge on any atom is 0.319 e. The molecule has 0 atom stereocenters. The van der Waals surface area contributed by atoms with Crippen molar-refractivity contribution >= 4 is 11.7 Å². The van der Waals surface area contributed by atoms with Crippen LogP contribution in [0.25, 0.3) is 0 Å². The molecule has 0 bridgehead atoms.